The number of benzene rings is 1. The van der Waals surface area contributed by atoms with E-state index in [1.165, 1.54) is 0 Å². The van der Waals surface area contributed by atoms with Crippen LogP contribution in [0.5, 0.6) is 5.75 Å². The topological polar surface area (TPSA) is 75.6 Å². The molecule has 5 nitrogen and oxygen atoms in total. The molecule has 0 heterocycles. The quantitative estimate of drug-likeness (QED) is 0.720. The molecule has 21 heavy (non-hydrogen) atoms. The number of nitrogens with one attached hydrogen (secondary N) is 1. The molecule has 2 N–H and O–H groups in total. The molecule has 1 aromatic carbocycles. The Morgan fingerprint density at radius 3 is 2.57 bits per heavy atom. The molecule has 1 amide bonds. The maximum absolute atomic E-state index is 11.8. The van der Waals surface area contributed by atoms with E-state index in [2.05, 4.69) is 5.32 Å². The SMILES string of the molecule is COc1ccc(SCCC(=O)NC(C(=O)O)C2CC2)cc1. The van der Waals surface area contributed by atoms with E-state index in [-0.39, 0.29) is 11.8 Å². The third kappa shape index (κ3) is 4.97. The van der Waals surface area contributed by atoms with Crippen molar-refractivity contribution in [1.82, 2.24) is 5.32 Å². The van der Waals surface area contributed by atoms with E-state index in [1.54, 1.807) is 18.9 Å². The zero-order valence-electron chi connectivity index (χ0n) is 11.9. The highest BCUT2D eigenvalue weighted by atomic mass is 32.2. The number of rotatable bonds is 8. The summed E-state index contributed by atoms with van der Waals surface area (Å²) in [6, 6.07) is 6.90. The summed E-state index contributed by atoms with van der Waals surface area (Å²) in [5, 5.41) is 11.7. The molecule has 0 bridgehead atoms. The molecule has 1 fully saturated rings. The second-order valence-corrected chi connectivity index (χ2v) is 6.16. The number of carboxylic acid groups (broad SMARTS) is 1. The predicted octanol–water partition coefficient (Wildman–Crippen LogP) is 2.16. The Bertz CT molecular complexity index is 499. The van der Waals surface area contributed by atoms with E-state index < -0.39 is 12.0 Å². The number of hydrogen-bond donors (Lipinski definition) is 2. The van der Waals surface area contributed by atoms with Gasteiger partial charge < -0.3 is 15.2 Å². The second kappa shape index (κ2) is 7.36. The van der Waals surface area contributed by atoms with E-state index in [0.29, 0.717) is 12.2 Å². The van der Waals surface area contributed by atoms with Gasteiger partial charge in [0, 0.05) is 17.1 Å². The molecule has 114 valence electrons. The van der Waals surface area contributed by atoms with Crippen molar-refractivity contribution >= 4 is 23.6 Å². The third-order valence-corrected chi connectivity index (χ3v) is 4.35. The summed E-state index contributed by atoms with van der Waals surface area (Å²) in [6.45, 7) is 0. The number of aliphatic carboxylic acids is 1. The summed E-state index contributed by atoms with van der Waals surface area (Å²) in [5.74, 6) is 0.394. The number of carbonyl (C=O) groups excluding carboxylic acids is 1. The van der Waals surface area contributed by atoms with Crippen molar-refractivity contribution < 1.29 is 19.4 Å². The summed E-state index contributed by atoms with van der Waals surface area (Å²) >= 11 is 1.56. The van der Waals surface area contributed by atoms with Crippen molar-refractivity contribution in [3.05, 3.63) is 24.3 Å². The van der Waals surface area contributed by atoms with Crippen LogP contribution in [0.1, 0.15) is 19.3 Å². The Labute approximate surface area is 128 Å². The van der Waals surface area contributed by atoms with Crippen molar-refractivity contribution in [3.8, 4) is 5.75 Å². The summed E-state index contributed by atoms with van der Waals surface area (Å²) in [7, 11) is 1.62. The van der Waals surface area contributed by atoms with Crippen LogP contribution in [0, 0.1) is 5.92 Å². The van der Waals surface area contributed by atoms with E-state index >= 15 is 0 Å². The van der Waals surface area contributed by atoms with Crippen LogP contribution in [0.15, 0.2) is 29.2 Å². The van der Waals surface area contributed by atoms with Crippen LogP contribution < -0.4 is 10.1 Å². The van der Waals surface area contributed by atoms with E-state index in [9.17, 15) is 9.59 Å². The average Bonchev–Trinajstić information content (AvgIpc) is 3.30. The summed E-state index contributed by atoms with van der Waals surface area (Å²) in [6.07, 6.45) is 2.09. The standard InChI is InChI=1S/C15H19NO4S/c1-20-11-4-6-12(7-5-11)21-9-8-13(17)16-14(15(18)19)10-2-3-10/h4-7,10,14H,2-3,8-9H2,1H3,(H,16,17)(H,18,19). The maximum Gasteiger partial charge on any atom is 0.326 e. The van der Waals surface area contributed by atoms with Crippen molar-refractivity contribution in [2.45, 2.75) is 30.2 Å². The molecule has 1 saturated carbocycles. The largest absolute Gasteiger partial charge is 0.497 e. The molecular formula is C15H19NO4S. The van der Waals surface area contributed by atoms with Gasteiger partial charge in [0.2, 0.25) is 5.91 Å². The molecule has 6 heteroatoms. The smallest absolute Gasteiger partial charge is 0.326 e. The monoisotopic (exact) mass is 309 g/mol. The highest BCUT2D eigenvalue weighted by Crippen LogP contribution is 2.32. The average molecular weight is 309 g/mol. The van der Waals surface area contributed by atoms with Gasteiger partial charge >= 0.3 is 5.97 Å². The Morgan fingerprint density at radius 1 is 1.38 bits per heavy atom. The fourth-order valence-electron chi connectivity index (χ4n) is 1.99. The highest BCUT2D eigenvalue weighted by molar-refractivity contribution is 7.99. The normalized spacial score (nSPS) is 15.3. The number of carbonyl (C=O) groups is 2. The van der Waals surface area contributed by atoms with Gasteiger partial charge in [-0.25, -0.2) is 4.79 Å². The van der Waals surface area contributed by atoms with E-state index in [1.807, 2.05) is 24.3 Å². The number of carboxylic acids is 1. The Kier molecular flexibility index (Phi) is 5.50. The molecule has 0 radical (unpaired) electrons. The number of ether oxygens (including phenoxy) is 1. The molecule has 0 aromatic heterocycles. The zero-order chi connectivity index (χ0) is 15.2. The third-order valence-electron chi connectivity index (χ3n) is 3.33. The van der Waals surface area contributed by atoms with Gasteiger partial charge in [-0.2, -0.15) is 0 Å². The number of methoxy groups -OCH3 is 1. The number of hydrogen-bond acceptors (Lipinski definition) is 4. The van der Waals surface area contributed by atoms with Crippen LogP contribution >= 0.6 is 11.8 Å². The van der Waals surface area contributed by atoms with Gasteiger partial charge in [-0.3, -0.25) is 4.79 Å². The van der Waals surface area contributed by atoms with Gasteiger partial charge in [-0.05, 0) is 43.0 Å². The van der Waals surface area contributed by atoms with Crippen molar-refractivity contribution in [3.63, 3.8) is 0 Å². The van der Waals surface area contributed by atoms with Crippen molar-refractivity contribution in [1.29, 1.82) is 0 Å². The Balaban J connectivity index is 1.71. The van der Waals surface area contributed by atoms with E-state index in [4.69, 9.17) is 9.84 Å². The lowest BCUT2D eigenvalue weighted by Crippen LogP contribution is -2.42. The van der Waals surface area contributed by atoms with Crippen LogP contribution in [0.3, 0.4) is 0 Å². The molecule has 1 aromatic rings. The Morgan fingerprint density at radius 2 is 2.05 bits per heavy atom. The first-order chi connectivity index (χ1) is 10.1. The minimum atomic E-state index is -0.936. The maximum atomic E-state index is 11.8. The number of thioether (sulfide) groups is 1. The lowest BCUT2D eigenvalue weighted by Gasteiger charge is -2.13. The number of amides is 1. The lowest BCUT2D eigenvalue weighted by atomic mass is 10.2. The minimum absolute atomic E-state index is 0.112. The fraction of sp³-hybridized carbons (Fsp3) is 0.467. The molecule has 1 atom stereocenters. The van der Waals surface area contributed by atoms with Gasteiger partial charge in [0.05, 0.1) is 7.11 Å². The summed E-state index contributed by atoms with van der Waals surface area (Å²) < 4.78 is 5.08. The van der Waals surface area contributed by atoms with Crippen LogP contribution in [-0.2, 0) is 9.59 Å². The van der Waals surface area contributed by atoms with E-state index in [0.717, 1.165) is 23.5 Å². The van der Waals surface area contributed by atoms with Crippen LogP contribution in [0.2, 0.25) is 0 Å². The molecule has 2 rings (SSSR count). The van der Waals surface area contributed by atoms with Gasteiger partial charge in [0.1, 0.15) is 11.8 Å². The van der Waals surface area contributed by atoms with Crippen LogP contribution in [-0.4, -0.2) is 35.9 Å². The summed E-state index contributed by atoms with van der Waals surface area (Å²) in [5.41, 5.74) is 0. The molecule has 0 saturated heterocycles. The first kappa shape index (κ1) is 15.7. The van der Waals surface area contributed by atoms with Gasteiger partial charge in [0.15, 0.2) is 0 Å². The fourth-order valence-corrected chi connectivity index (χ4v) is 2.84. The minimum Gasteiger partial charge on any atom is -0.497 e. The first-order valence-corrected chi connectivity index (χ1v) is 7.87. The Hall–Kier alpha value is -1.69. The molecule has 1 unspecified atom stereocenters. The molecule has 1 aliphatic rings. The van der Waals surface area contributed by atoms with Gasteiger partial charge in [-0.15, -0.1) is 11.8 Å². The first-order valence-electron chi connectivity index (χ1n) is 6.89. The molecule has 0 spiro atoms. The van der Waals surface area contributed by atoms with Crippen molar-refractivity contribution in [2.24, 2.45) is 5.92 Å². The van der Waals surface area contributed by atoms with Gasteiger partial charge in [-0.1, -0.05) is 0 Å². The highest BCUT2D eigenvalue weighted by Gasteiger charge is 2.37. The molecule has 1 aliphatic carbocycles. The van der Waals surface area contributed by atoms with Crippen LogP contribution in [0.4, 0.5) is 0 Å². The zero-order valence-corrected chi connectivity index (χ0v) is 12.7. The molecule has 0 aliphatic heterocycles. The van der Waals surface area contributed by atoms with Crippen LogP contribution in [0.25, 0.3) is 0 Å². The lowest BCUT2D eigenvalue weighted by molar-refractivity contribution is -0.142. The summed E-state index contributed by atoms with van der Waals surface area (Å²) in [4.78, 5) is 23.9. The predicted molar refractivity (Wildman–Crippen MR) is 80.6 cm³/mol. The van der Waals surface area contributed by atoms with Crippen molar-refractivity contribution in [2.75, 3.05) is 12.9 Å². The second-order valence-electron chi connectivity index (χ2n) is 4.99. The molecular weight excluding hydrogens is 290 g/mol. The van der Waals surface area contributed by atoms with Gasteiger partial charge in [0.25, 0.3) is 0 Å².